The lowest BCUT2D eigenvalue weighted by molar-refractivity contribution is -0.145. The van der Waals surface area contributed by atoms with Crippen LogP contribution in [0.1, 0.15) is 26.3 Å². The second kappa shape index (κ2) is 5.06. The minimum absolute atomic E-state index is 0.291. The molecule has 1 atom stereocenters. The molecule has 1 unspecified atom stereocenters. The zero-order chi connectivity index (χ0) is 11.4. The van der Waals surface area contributed by atoms with Crippen molar-refractivity contribution in [3.05, 3.63) is 11.1 Å². The molecule has 0 aromatic carbocycles. The van der Waals surface area contributed by atoms with Crippen LogP contribution >= 0.6 is 12.2 Å². The molecule has 0 spiro atoms. The Morgan fingerprint density at radius 2 is 2.40 bits per heavy atom. The molecule has 15 heavy (non-hydrogen) atoms. The summed E-state index contributed by atoms with van der Waals surface area (Å²) in [4.78, 5) is 11.6. The lowest BCUT2D eigenvalue weighted by Gasteiger charge is -2.17. The highest BCUT2D eigenvalue weighted by Gasteiger charge is 2.22. The molecule has 0 radical (unpaired) electrons. The summed E-state index contributed by atoms with van der Waals surface area (Å²) in [5.74, 6) is 0.0899. The van der Waals surface area contributed by atoms with E-state index in [0.29, 0.717) is 17.1 Å². The van der Waals surface area contributed by atoms with E-state index in [1.54, 1.807) is 4.57 Å². The standard InChI is InChI=1S/C9H15N3O2S/c1-6(2)4-7(8(13)14-3)12-5-10-11-9(12)15/h5-7H,4H2,1-3H3,(H,11,15). The number of H-pyrrole nitrogens is 1. The predicted octanol–water partition coefficient (Wildman–Crippen LogP) is 1.70. The van der Waals surface area contributed by atoms with E-state index in [1.807, 2.05) is 13.8 Å². The van der Waals surface area contributed by atoms with E-state index in [2.05, 4.69) is 10.2 Å². The number of hydrogen-bond acceptors (Lipinski definition) is 4. The fourth-order valence-electron chi connectivity index (χ4n) is 1.38. The molecule has 0 saturated carbocycles. The molecule has 1 heterocycles. The molecule has 0 fully saturated rings. The maximum absolute atomic E-state index is 11.6. The molecule has 1 aromatic rings. The lowest BCUT2D eigenvalue weighted by atomic mass is 10.0. The molecular formula is C9H15N3O2S. The number of esters is 1. The Labute approximate surface area is 93.4 Å². The third-order valence-corrected chi connectivity index (χ3v) is 2.38. The summed E-state index contributed by atoms with van der Waals surface area (Å²) in [5.41, 5.74) is 0. The second-order valence-electron chi connectivity index (χ2n) is 3.74. The van der Waals surface area contributed by atoms with E-state index >= 15 is 0 Å². The van der Waals surface area contributed by atoms with E-state index < -0.39 is 0 Å². The molecule has 1 rings (SSSR count). The molecule has 0 bridgehead atoms. The van der Waals surface area contributed by atoms with Gasteiger partial charge in [-0.3, -0.25) is 9.67 Å². The van der Waals surface area contributed by atoms with Crippen molar-refractivity contribution in [2.45, 2.75) is 26.3 Å². The van der Waals surface area contributed by atoms with Crippen LogP contribution in [0, 0.1) is 10.7 Å². The maximum Gasteiger partial charge on any atom is 0.328 e. The van der Waals surface area contributed by atoms with Gasteiger partial charge in [0.15, 0.2) is 4.77 Å². The maximum atomic E-state index is 11.6. The second-order valence-corrected chi connectivity index (χ2v) is 4.12. The van der Waals surface area contributed by atoms with Crippen LogP contribution in [0.25, 0.3) is 0 Å². The van der Waals surface area contributed by atoms with Crippen molar-refractivity contribution in [2.75, 3.05) is 7.11 Å². The van der Waals surface area contributed by atoms with Crippen molar-refractivity contribution in [2.24, 2.45) is 5.92 Å². The van der Waals surface area contributed by atoms with Gasteiger partial charge < -0.3 is 4.74 Å². The highest BCUT2D eigenvalue weighted by Crippen LogP contribution is 2.18. The molecule has 0 saturated heterocycles. The molecule has 1 N–H and O–H groups in total. The summed E-state index contributed by atoms with van der Waals surface area (Å²) in [6.07, 6.45) is 2.20. The number of methoxy groups -OCH3 is 1. The Hall–Kier alpha value is -1.17. The molecule has 0 aliphatic heterocycles. The van der Waals surface area contributed by atoms with Gasteiger partial charge in [0.05, 0.1) is 7.11 Å². The van der Waals surface area contributed by atoms with Crippen LogP contribution in [0.4, 0.5) is 0 Å². The van der Waals surface area contributed by atoms with Crippen LogP contribution in [0.2, 0.25) is 0 Å². The van der Waals surface area contributed by atoms with Gasteiger partial charge in [-0.15, -0.1) is 0 Å². The Bertz CT molecular complexity index is 383. The summed E-state index contributed by atoms with van der Waals surface area (Å²) in [5, 5.41) is 6.41. The van der Waals surface area contributed by atoms with Crippen LogP contribution in [0.15, 0.2) is 6.33 Å². The predicted molar refractivity (Wildman–Crippen MR) is 57.9 cm³/mol. The fraction of sp³-hybridized carbons (Fsp3) is 0.667. The number of nitrogens with zero attached hydrogens (tertiary/aromatic N) is 2. The normalized spacial score (nSPS) is 12.8. The Morgan fingerprint density at radius 3 is 2.80 bits per heavy atom. The number of rotatable bonds is 4. The van der Waals surface area contributed by atoms with E-state index in [0.717, 1.165) is 0 Å². The van der Waals surface area contributed by atoms with Gasteiger partial charge in [0.2, 0.25) is 0 Å². The van der Waals surface area contributed by atoms with Crippen LogP contribution < -0.4 is 0 Å². The monoisotopic (exact) mass is 229 g/mol. The minimum Gasteiger partial charge on any atom is -0.467 e. The van der Waals surface area contributed by atoms with E-state index in [4.69, 9.17) is 17.0 Å². The zero-order valence-electron chi connectivity index (χ0n) is 9.06. The lowest BCUT2D eigenvalue weighted by Crippen LogP contribution is -2.22. The number of carbonyl (C=O) groups is 1. The highest BCUT2D eigenvalue weighted by molar-refractivity contribution is 7.71. The summed E-state index contributed by atoms with van der Waals surface area (Å²) < 4.78 is 6.81. The first kappa shape index (κ1) is 11.9. The van der Waals surface area contributed by atoms with Gasteiger partial charge in [0.1, 0.15) is 12.4 Å². The third kappa shape index (κ3) is 2.89. The number of ether oxygens (including phenoxy) is 1. The first-order chi connectivity index (χ1) is 7.06. The van der Waals surface area contributed by atoms with Crippen molar-refractivity contribution < 1.29 is 9.53 Å². The minimum atomic E-state index is -0.388. The fourth-order valence-corrected chi connectivity index (χ4v) is 1.61. The van der Waals surface area contributed by atoms with Crippen LogP contribution in [0.5, 0.6) is 0 Å². The SMILES string of the molecule is COC(=O)C(CC(C)C)n1cn[nH]c1=S. The van der Waals surface area contributed by atoms with Gasteiger partial charge >= 0.3 is 5.97 Å². The van der Waals surface area contributed by atoms with Crippen LogP contribution in [-0.2, 0) is 9.53 Å². The largest absolute Gasteiger partial charge is 0.467 e. The van der Waals surface area contributed by atoms with Crippen molar-refractivity contribution in [3.8, 4) is 0 Å². The summed E-state index contributed by atoms with van der Waals surface area (Å²) in [6, 6.07) is -0.388. The first-order valence-corrected chi connectivity index (χ1v) is 5.16. The van der Waals surface area contributed by atoms with Gasteiger partial charge in [-0.2, -0.15) is 5.10 Å². The number of aromatic nitrogens is 3. The number of aromatic amines is 1. The average molecular weight is 229 g/mol. The highest BCUT2D eigenvalue weighted by atomic mass is 32.1. The Morgan fingerprint density at radius 1 is 1.73 bits per heavy atom. The smallest absolute Gasteiger partial charge is 0.328 e. The van der Waals surface area contributed by atoms with E-state index in [1.165, 1.54) is 13.4 Å². The number of nitrogens with one attached hydrogen (secondary N) is 1. The molecule has 0 aliphatic rings. The van der Waals surface area contributed by atoms with Crippen molar-refractivity contribution in [1.82, 2.24) is 14.8 Å². The van der Waals surface area contributed by atoms with Gasteiger partial charge in [0, 0.05) is 0 Å². The molecule has 0 amide bonds. The molecule has 1 aromatic heterocycles. The summed E-state index contributed by atoms with van der Waals surface area (Å²) >= 11 is 5.02. The third-order valence-electron chi connectivity index (χ3n) is 2.08. The molecule has 84 valence electrons. The van der Waals surface area contributed by atoms with Crippen LogP contribution in [0.3, 0.4) is 0 Å². The summed E-state index contributed by atoms with van der Waals surface area (Å²) in [7, 11) is 1.37. The number of carbonyl (C=O) groups excluding carboxylic acids is 1. The topological polar surface area (TPSA) is 59.9 Å². The molecule has 0 aliphatic carbocycles. The van der Waals surface area contributed by atoms with Crippen molar-refractivity contribution in [1.29, 1.82) is 0 Å². The van der Waals surface area contributed by atoms with Gasteiger partial charge in [-0.25, -0.2) is 4.79 Å². The quantitative estimate of drug-likeness (QED) is 0.630. The Kier molecular flexibility index (Phi) is 4.02. The van der Waals surface area contributed by atoms with Crippen molar-refractivity contribution in [3.63, 3.8) is 0 Å². The average Bonchev–Trinajstić information content (AvgIpc) is 2.59. The molecule has 5 nitrogen and oxygen atoms in total. The first-order valence-electron chi connectivity index (χ1n) is 4.75. The van der Waals surface area contributed by atoms with E-state index in [9.17, 15) is 4.79 Å². The molecular weight excluding hydrogens is 214 g/mol. The van der Waals surface area contributed by atoms with Crippen LogP contribution in [-0.4, -0.2) is 27.8 Å². The summed E-state index contributed by atoms with van der Waals surface area (Å²) in [6.45, 7) is 4.08. The van der Waals surface area contributed by atoms with Gasteiger partial charge in [0.25, 0.3) is 0 Å². The zero-order valence-corrected chi connectivity index (χ0v) is 9.87. The Balaban J connectivity index is 2.96. The van der Waals surface area contributed by atoms with Gasteiger partial charge in [-0.05, 0) is 24.6 Å². The van der Waals surface area contributed by atoms with Crippen molar-refractivity contribution >= 4 is 18.2 Å². The van der Waals surface area contributed by atoms with Gasteiger partial charge in [-0.1, -0.05) is 13.8 Å². The van der Waals surface area contributed by atoms with E-state index in [-0.39, 0.29) is 12.0 Å². The molecule has 6 heteroatoms. The number of hydrogen-bond donors (Lipinski definition) is 1.